The second-order valence-electron chi connectivity index (χ2n) is 3.66. The van der Waals surface area contributed by atoms with Gasteiger partial charge in [0.2, 0.25) is 0 Å². The van der Waals surface area contributed by atoms with Gasteiger partial charge in [0.25, 0.3) is 0 Å². The highest BCUT2D eigenvalue weighted by Gasteiger charge is 2.14. The Morgan fingerprint density at radius 3 is 2.82 bits per heavy atom. The Labute approximate surface area is 98.8 Å². The highest BCUT2D eigenvalue weighted by molar-refractivity contribution is 5.72. The molecule has 0 fully saturated rings. The molecule has 0 heterocycles. The van der Waals surface area contributed by atoms with Crippen LogP contribution in [-0.2, 0) is 9.53 Å². The van der Waals surface area contributed by atoms with Crippen molar-refractivity contribution < 1.29 is 18.3 Å². The van der Waals surface area contributed by atoms with E-state index in [-0.39, 0.29) is 18.2 Å². The molecule has 1 rings (SSSR count). The molecule has 1 aromatic rings. The number of carbonyl (C=O) groups excluding carboxylic acids is 1. The Bertz CT molecular complexity index is 396. The monoisotopic (exact) mass is 243 g/mol. The van der Waals surface area contributed by atoms with Gasteiger partial charge < -0.3 is 10.1 Å². The van der Waals surface area contributed by atoms with E-state index < -0.39 is 17.6 Å². The van der Waals surface area contributed by atoms with Gasteiger partial charge in [-0.1, -0.05) is 6.92 Å². The maximum atomic E-state index is 13.2. The summed E-state index contributed by atoms with van der Waals surface area (Å²) in [6.45, 7) is 3.86. The number of esters is 1. The fourth-order valence-electron chi connectivity index (χ4n) is 1.26. The molecule has 94 valence electrons. The molecule has 0 spiro atoms. The number of halogens is 2. The number of hydrogen-bond acceptors (Lipinski definition) is 3. The van der Waals surface area contributed by atoms with E-state index in [0.717, 1.165) is 18.2 Å². The zero-order chi connectivity index (χ0) is 12.8. The van der Waals surface area contributed by atoms with Gasteiger partial charge in [-0.25, -0.2) is 8.78 Å². The molecule has 17 heavy (non-hydrogen) atoms. The number of anilines is 1. The number of hydrogen-bond donors (Lipinski definition) is 1. The van der Waals surface area contributed by atoms with Crippen molar-refractivity contribution in [3.8, 4) is 0 Å². The fourth-order valence-corrected chi connectivity index (χ4v) is 1.26. The summed E-state index contributed by atoms with van der Waals surface area (Å²) in [6.07, 6.45) is 0. The summed E-state index contributed by atoms with van der Waals surface area (Å²) in [5.41, 5.74) is 0.0427. The van der Waals surface area contributed by atoms with Crippen molar-refractivity contribution in [1.29, 1.82) is 0 Å². The van der Waals surface area contributed by atoms with Crippen LogP contribution in [0.2, 0.25) is 0 Å². The van der Waals surface area contributed by atoms with Crippen molar-refractivity contribution >= 4 is 11.7 Å². The van der Waals surface area contributed by atoms with E-state index in [2.05, 4.69) is 5.32 Å². The summed E-state index contributed by atoms with van der Waals surface area (Å²) in [5, 5.41) is 2.68. The molecule has 0 aliphatic carbocycles. The first-order valence-corrected chi connectivity index (χ1v) is 5.40. The normalized spacial score (nSPS) is 12.0. The summed E-state index contributed by atoms with van der Waals surface area (Å²) in [7, 11) is 0. The van der Waals surface area contributed by atoms with Gasteiger partial charge in [-0.3, -0.25) is 4.79 Å². The van der Waals surface area contributed by atoms with Crippen molar-refractivity contribution in [2.45, 2.75) is 13.8 Å². The van der Waals surface area contributed by atoms with E-state index >= 15 is 0 Å². The van der Waals surface area contributed by atoms with Crippen molar-refractivity contribution in [3.05, 3.63) is 29.8 Å². The molecule has 0 saturated carbocycles. The van der Waals surface area contributed by atoms with Gasteiger partial charge in [0, 0.05) is 6.54 Å². The van der Waals surface area contributed by atoms with Gasteiger partial charge >= 0.3 is 5.97 Å². The molecular formula is C12H15F2NO2. The molecule has 1 unspecified atom stereocenters. The summed E-state index contributed by atoms with van der Waals surface area (Å²) in [6, 6.07) is 3.12. The predicted molar refractivity (Wildman–Crippen MR) is 60.6 cm³/mol. The van der Waals surface area contributed by atoms with E-state index in [1.807, 2.05) is 0 Å². The number of benzene rings is 1. The van der Waals surface area contributed by atoms with Crippen molar-refractivity contribution in [2.75, 3.05) is 18.5 Å². The van der Waals surface area contributed by atoms with Crippen molar-refractivity contribution in [1.82, 2.24) is 0 Å². The molecule has 0 aromatic heterocycles. The smallest absolute Gasteiger partial charge is 0.310 e. The number of carbonyl (C=O) groups is 1. The van der Waals surface area contributed by atoms with Crippen LogP contribution in [0.4, 0.5) is 14.5 Å². The molecule has 1 atom stereocenters. The maximum absolute atomic E-state index is 13.2. The van der Waals surface area contributed by atoms with E-state index in [1.54, 1.807) is 13.8 Å². The van der Waals surface area contributed by atoms with Gasteiger partial charge in [0.15, 0.2) is 0 Å². The lowest BCUT2D eigenvalue weighted by Crippen LogP contribution is -2.22. The average molecular weight is 243 g/mol. The van der Waals surface area contributed by atoms with E-state index in [1.165, 1.54) is 0 Å². The van der Waals surface area contributed by atoms with Crippen LogP contribution in [-0.4, -0.2) is 19.1 Å². The van der Waals surface area contributed by atoms with Crippen LogP contribution >= 0.6 is 0 Å². The molecule has 0 amide bonds. The zero-order valence-electron chi connectivity index (χ0n) is 9.80. The maximum Gasteiger partial charge on any atom is 0.310 e. The second kappa shape index (κ2) is 6.18. The summed E-state index contributed by atoms with van der Waals surface area (Å²) < 4.78 is 30.9. The van der Waals surface area contributed by atoms with Gasteiger partial charge in [-0.2, -0.15) is 0 Å². The third-order valence-corrected chi connectivity index (χ3v) is 2.22. The first kappa shape index (κ1) is 13.4. The fraction of sp³-hybridized carbons (Fsp3) is 0.417. The van der Waals surface area contributed by atoms with Crippen LogP contribution in [0, 0.1) is 17.6 Å². The molecule has 5 heteroatoms. The third kappa shape index (κ3) is 4.01. The highest BCUT2D eigenvalue weighted by atomic mass is 19.1. The minimum absolute atomic E-state index is 0.0427. The largest absolute Gasteiger partial charge is 0.466 e. The SMILES string of the molecule is CCOC(=O)C(C)CNc1cc(F)ccc1F. The second-order valence-corrected chi connectivity index (χ2v) is 3.66. The van der Waals surface area contributed by atoms with Crippen molar-refractivity contribution in [3.63, 3.8) is 0 Å². The lowest BCUT2D eigenvalue weighted by atomic mass is 10.2. The molecule has 1 aromatic carbocycles. The zero-order valence-corrected chi connectivity index (χ0v) is 9.80. The topological polar surface area (TPSA) is 38.3 Å². The van der Waals surface area contributed by atoms with E-state index in [9.17, 15) is 13.6 Å². The van der Waals surface area contributed by atoms with Crippen LogP contribution in [0.5, 0.6) is 0 Å². The predicted octanol–water partition coefficient (Wildman–Crippen LogP) is 2.58. The van der Waals surface area contributed by atoms with Gasteiger partial charge in [0.1, 0.15) is 11.6 Å². The molecule has 0 saturated heterocycles. The molecule has 0 aliphatic heterocycles. The van der Waals surface area contributed by atoms with E-state index in [4.69, 9.17) is 4.74 Å². The van der Waals surface area contributed by atoms with Gasteiger partial charge in [-0.05, 0) is 25.1 Å². The van der Waals surface area contributed by atoms with Crippen LogP contribution in [0.15, 0.2) is 18.2 Å². The Kier molecular flexibility index (Phi) is 4.87. The molecule has 0 aliphatic rings. The average Bonchev–Trinajstić information content (AvgIpc) is 2.30. The Balaban J connectivity index is 2.55. The van der Waals surface area contributed by atoms with Crippen molar-refractivity contribution in [2.24, 2.45) is 5.92 Å². The van der Waals surface area contributed by atoms with Crippen LogP contribution < -0.4 is 5.32 Å². The quantitative estimate of drug-likeness (QED) is 0.808. The minimum Gasteiger partial charge on any atom is -0.466 e. The molecule has 0 radical (unpaired) electrons. The lowest BCUT2D eigenvalue weighted by Gasteiger charge is -2.13. The Morgan fingerprint density at radius 1 is 1.47 bits per heavy atom. The standard InChI is InChI=1S/C12H15F2NO2/c1-3-17-12(16)8(2)7-15-11-6-9(13)4-5-10(11)14/h4-6,8,15H,3,7H2,1-2H3. The van der Waals surface area contributed by atoms with Gasteiger partial charge in [-0.15, -0.1) is 0 Å². The summed E-state index contributed by atoms with van der Waals surface area (Å²) in [5.74, 6) is -1.87. The summed E-state index contributed by atoms with van der Waals surface area (Å²) >= 11 is 0. The van der Waals surface area contributed by atoms with Crippen LogP contribution in [0.25, 0.3) is 0 Å². The Morgan fingerprint density at radius 2 is 2.18 bits per heavy atom. The van der Waals surface area contributed by atoms with Gasteiger partial charge in [0.05, 0.1) is 18.2 Å². The number of nitrogens with one attached hydrogen (secondary N) is 1. The molecule has 3 nitrogen and oxygen atoms in total. The third-order valence-electron chi connectivity index (χ3n) is 2.22. The molecular weight excluding hydrogens is 228 g/mol. The highest BCUT2D eigenvalue weighted by Crippen LogP contribution is 2.15. The first-order valence-electron chi connectivity index (χ1n) is 5.40. The lowest BCUT2D eigenvalue weighted by molar-refractivity contribution is -0.146. The number of rotatable bonds is 5. The van der Waals surface area contributed by atoms with Crippen LogP contribution in [0.3, 0.4) is 0 Å². The minimum atomic E-state index is -0.553. The van der Waals surface area contributed by atoms with Crippen LogP contribution in [0.1, 0.15) is 13.8 Å². The molecule has 0 bridgehead atoms. The number of ether oxygens (including phenoxy) is 1. The molecule has 1 N–H and O–H groups in total. The Hall–Kier alpha value is -1.65. The van der Waals surface area contributed by atoms with E-state index in [0.29, 0.717) is 6.61 Å². The first-order chi connectivity index (χ1) is 8.04. The summed E-state index contributed by atoms with van der Waals surface area (Å²) in [4.78, 5) is 11.3.